The summed E-state index contributed by atoms with van der Waals surface area (Å²) in [4.78, 5) is 12.1. The van der Waals surface area contributed by atoms with Crippen LogP contribution in [-0.4, -0.2) is 5.78 Å². The van der Waals surface area contributed by atoms with Crippen molar-refractivity contribution in [3.63, 3.8) is 0 Å². The van der Waals surface area contributed by atoms with Gasteiger partial charge in [-0.3, -0.25) is 4.79 Å². The number of allylic oxidation sites excluding steroid dienone is 1. The molecule has 0 saturated carbocycles. The molecule has 2 aromatic rings. The van der Waals surface area contributed by atoms with E-state index in [4.69, 9.17) is 0 Å². The lowest BCUT2D eigenvalue weighted by Crippen LogP contribution is -1.93. The fourth-order valence-electron chi connectivity index (χ4n) is 2.39. The highest BCUT2D eigenvalue weighted by molar-refractivity contribution is 6.29. The van der Waals surface area contributed by atoms with E-state index in [0.29, 0.717) is 6.42 Å². The molecule has 0 atom stereocenters. The molecule has 0 amide bonds. The number of hydrogen-bond acceptors (Lipinski definition) is 1. The van der Waals surface area contributed by atoms with Gasteiger partial charge in [0.25, 0.3) is 0 Å². The summed E-state index contributed by atoms with van der Waals surface area (Å²) in [7, 11) is 0. The highest BCUT2D eigenvalue weighted by Gasteiger charge is 2.24. The zero-order valence-corrected chi connectivity index (χ0v) is 10.3. The monoisotopic (exact) mass is 234 g/mol. The third-order valence-corrected chi connectivity index (χ3v) is 3.32. The lowest BCUT2D eigenvalue weighted by molar-refractivity contribution is -0.112. The number of fused-ring (bicyclic) bond motifs is 1. The van der Waals surface area contributed by atoms with Crippen molar-refractivity contribution in [2.75, 3.05) is 0 Å². The zero-order chi connectivity index (χ0) is 12.5. The number of carbonyl (C=O) groups is 1. The van der Waals surface area contributed by atoms with Gasteiger partial charge in [-0.25, -0.2) is 0 Å². The van der Waals surface area contributed by atoms with Crippen molar-refractivity contribution in [1.82, 2.24) is 0 Å². The van der Waals surface area contributed by atoms with Gasteiger partial charge in [0.1, 0.15) is 0 Å². The maximum Gasteiger partial charge on any atom is 0.167 e. The summed E-state index contributed by atoms with van der Waals surface area (Å²) in [6.45, 7) is 2.06. The van der Waals surface area contributed by atoms with E-state index in [1.165, 1.54) is 5.56 Å². The minimum Gasteiger partial charge on any atom is -0.294 e. The Labute approximate surface area is 107 Å². The van der Waals surface area contributed by atoms with Crippen molar-refractivity contribution in [2.45, 2.75) is 13.3 Å². The Kier molecular flexibility index (Phi) is 2.60. The van der Waals surface area contributed by atoms with Crippen LogP contribution in [0.3, 0.4) is 0 Å². The van der Waals surface area contributed by atoms with Crippen LogP contribution in [0.1, 0.15) is 22.3 Å². The lowest BCUT2D eigenvalue weighted by Gasteiger charge is -2.02. The molecular weight excluding hydrogens is 220 g/mol. The second-order valence-electron chi connectivity index (χ2n) is 4.73. The normalized spacial score (nSPS) is 16.1. The van der Waals surface area contributed by atoms with Gasteiger partial charge in [-0.15, -0.1) is 0 Å². The lowest BCUT2D eigenvalue weighted by atomic mass is 10.0. The van der Waals surface area contributed by atoms with Gasteiger partial charge in [-0.1, -0.05) is 54.1 Å². The van der Waals surface area contributed by atoms with Gasteiger partial charge >= 0.3 is 0 Å². The molecule has 0 bridgehead atoms. The van der Waals surface area contributed by atoms with Crippen molar-refractivity contribution < 1.29 is 4.79 Å². The summed E-state index contributed by atoms with van der Waals surface area (Å²) >= 11 is 0. The molecule has 3 rings (SSSR count). The molecule has 0 aliphatic heterocycles. The second kappa shape index (κ2) is 4.26. The average Bonchev–Trinajstić information content (AvgIpc) is 2.67. The number of ketones is 1. The Balaban J connectivity index is 2.12. The van der Waals surface area contributed by atoms with Crippen LogP contribution in [0.2, 0.25) is 0 Å². The van der Waals surface area contributed by atoms with Crippen LogP contribution in [0.4, 0.5) is 0 Å². The molecule has 2 aromatic carbocycles. The fourth-order valence-corrected chi connectivity index (χ4v) is 2.39. The standard InChI is InChI=1S/C17H14O/c1-12-7-8-14-11-17(18)16(15(14)9-12)10-13-5-3-2-4-6-13/h2-10H,11H2,1H3/b16-10-. The zero-order valence-electron chi connectivity index (χ0n) is 10.3. The Morgan fingerprint density at radius 1 is 1.06 bits per heavy atom. The van der Waals surface area contributed by atoms with Gasteiger partial charge in [0.15, 0.2) is 5.78 Å². The first kappa shape index (κ1) is 11.0. The summed E-state index contributed by atoms with van der Waals surface area (Å²) < 4.78 is 0. The molecule has 1 nitrogen and oxygen atoms in total. The third kappa shape index (κ3) is 1.88. The van der Waals surface area contributed by atoms with Crippen LogP contribution in [0.15, 0.2) is 48.5 Å². The van der Waals surface area contributed by atoms with Crippen LogP contribution in [0, 0.1) is 6.92 Å². The van der Waals surface area contributed by atoms with Crippen LogP contribution >= 0.6 is 0 Å². The van der Waals surface area contributed by atoms with E-state index in [0.717, 1.165) is 22.3 Å². The van der Waals surface area contributed by atoms with E-state index >= 15 is 0 Å². The van der Waals surface area contributed by atoms with E-state index < -0.39 is 0 Å². The van der Waals surface area contributed by atoms with Crippen LogP contribution in [0.25, 0.3) is 11.6 Å². The van der Waals surface area contributed by atoms with Gasteiger partial charge in [0.05, 0.1) is 0 Å². The maximum atomic E-state index is 12.1. The Morgan fingerprint density at radius 3 is 2.61 bits per heavy atom. The number of rotatable bonds is 1. The summed E-state index contributed by atoms with van der Waals surface area (Å²) in [5, 5.41) is 0. The summed E-state index contributed by atoms with van der Waals surface area (Å²) in [5.74, 6) is 0.222. The van der Waals surface area contributed by atoms with Gasteiger partial charge in [0, 0.05) is 12.0 Å². The molecule has 0 heterocycles. The maximum absolute atomic E-state index is 12.1. The SMILES string of the molecule is Cc1ccc2c(c1)/C(=C/c1ccccc1)C(=O)C2. The van der Waals surface area contributed by atoms with E-state index in [-0.39, 0.29) is 5.78 Å². The first-order valence-corrected chi connectivity index (χ1v) is 6.14. The summed E-state index contributed by atoms with van der Waals surface area (Å²) in [5.41, 5.74) is 5.37. The molecule has 0 N–H and O–H groups in total. The highest BCUT2D eigenvalue weighted by atomic mass is 16.1. The minimum atomic E-state index is 0.222. The van der Waals surface area contributed by atoms with Crippen molar-refractivity contribution in [1.29, 1.82) is 0 Å². The first-order chi connectivity index (χ1) is 8.74. The molecule has 0 unspecified atom stereocenters. The smallest absolute Gasteiger partial charge is 0.167 e. The molecule has 1 aliphatic carbocycles. The third-order valence-electron chi connectivity index (χ3n) is 3.32. The summed E-state index contributed by atoms with van der Waals surface area (Å²) in [6.07, 6.45) is 2.53. The molecule has 0 fully saturated rings. The van der Waals surface area contributed by atoms with Crippen molar-refractivity contribution in [3.05, 3.63) is 70.8 Å². The number of carbonyl (C=O) groups excluding carboxylic acids is 1. The average molecular weight is 234 g/mol. The van der Waals surface area contributed by atoms with Gasteiger partial charge < -0.3 is 0 Å². The quantitative estimate of drug-likeness (QED) is 0.688. The van der Waals surface area contributed by atoms with Crippen LogP contribution in [-0.2, 0) is 11.2 Å². The number of Topliss-reactive ketones (excluding diaryl/α,β-unsaturated/α-hetero) is 1. The molecule has 0 saturated heterocycles. The fraction of sp³-hybridized carbons (Fsp3) is 0.118. The molecule has 0 radical (unpaired) electrons. The Morgan fingerprint density at radius 2 is 1.83 bits per heavy atom. The highest BCUT2D eigenvalue weighted by Crippen LogP contribution is 2.31. The van der Waals surface area contributed by atoms with Crippen molar-refractivity contribution in [3.8, 4) is 0 Å². The van der Waals surface area contributed by atoms with Crippen molar-refractivity contribution >= 4 is 17.4 Å². The minimum absolute atomic E-state index is 0.222. The van der Waals surface area contributed by atoms with Crippen LogP contribution in [0.5, 0.6) is 0 Å². The first-order valence-electron chi connectivity index (χ1n) is 6.14. The van der Waals surface area contributed by atoms with Crippen LogP contribution < -0.4 is 0 Å². The number of hydrogen-bond donors (Lipinski definition) is 0. The second-order valence-corrected chi connectivity index (χ2v) is 4.73. The molecule has 88 valence electrons. The van der Waals surface area contributed by atoms with E-state index in [2.05, 4.69) is 25.1 Å². The largest absolute Gasteiger partial charge is 0.294 e. The molecule has 0 aromatic heterocycles. The Hall–Kier alpha value is -2.15. The van der Waals surface area contributed by atoms with E-state index in [1.807, 2.05) is 36.4 Å². The summed E-state index contributed by atoms with van der Waals surface area (Å²) in [6, 6.07) is 16.2. The molecule has 1 heteroatoms. The molecular formula is C17H14O. The van der Waals surface area contributed by atoms with E-state index in [1.54, 1.807) is 0 Å². The predicted molar refractivity (Wildman–Crippen MR) is 74.2 cm³/mol. The molecule has 1 aliphatic rings. The van der Waals surface area contributed by atoms with Gasteiger partial charge in [0.2, 0.25) is 0 Å². The van der Waals surface area contributed by atoms with Gasteiger partial charge in [-0.2, -0.15) is 0 Å². The number of benzene rings is 2. The molecule has 0 spiro atoms. The van der Waals surface area contributed by atoms with Gasteiger partial charge in [-0.05, 0) is 29.7 Å². The van der Waals surface area contributed by atoms with E-state index in [9.17, 15) is 4.79 Å². The molecule has 18 heavy (non-hydrogen) atoms. The number of aryl methyl sites for hydroxylation is 1. The van der Waals surface area contributed by atoms with Crippen molar-refractivity contribution in [2.24, 2.45) is 0 Å². The Bertz CT molecular complexity index is 636. The predicted octanol–water partition coefficient (Wildman–Crippen LogP) is 3.66. The topological polar surface area (TPSA) is 17.1 Å².